The zero-order valence-electron chi connectivity index (χ0n) is 20.8. The van der Waals surface area contributed by atoms with Gasteiger partial charge in [0, 0.05) is 56.4 Å². The number of hydrogen-bond donors (Lipinski definition) is 2. The van der Waals surface area contributed by atoms with Crippen LogP contribution in [0.5, 0.6) is 0 Å². The number of pyridine rings is 2. The van der Waals surface area contributed by atoms with Crippen molar-refractivity contribution in [2.24, 2.45) is 0 Å². The Morgan fingerprint density at radius 1 is 1.16 bits per heavy atom. The molecule has 38 heavy (non-hydrogen) atoms. The molecule has 0 bridgehead atoms. The van der Waals surface area contributed by atoms with Crippen LogP contribution in [-0.2, 0) is 6.18 Å². The third kappa shape index (κ3) is 5.43. The number of hydrogen-bond acceptors (Lipinski definition) is 8. The molecule has 4 aromatic heterocycles. The predicted octanol–water partition coefficient (Wildman–Crippen LogP) is 5.24. The van der Waals surface area contributed by atoms with Gasteiger partial charge in [-0.3, -0.25) is 4.90 Å². The number of nitrogens with one attached hydrogen (secondary N) is 2. The summed E-state index contributed by atoms with van der Waals surface area (Å²) in [5.74, 6) is 1.05. The van der Waals surface area contributed by atoms with Crippen molar-refractivity contribution in [1.29, 1.82) is 0 Å². The summed E-state index contributed by atoms with van der Waals surface area (Å²) in [6.45, 7) is 7.26. The molecule has 0 spiro atoms. The van der Waals surface area contributed by atoms with Gasteiger partial charge in [0.15, 0.2) is 5.76 Å². The SMILES string of the molecule is Cc1noc(C)c1NC(=O)N1CCN(CCNc2ncc(-c3ccsc3)c3nc(C(F)(F)F)ccc23)CC1. The van der Waals surface area contributed by atoms with E-state index in [0.717, 1.165) is 11.6 Å². The topological polar surface area (TPSA) is 99.4 Å². The van der Waals surface area contributed by atoms with Crippen LogP contribution < -0.4 is 10.6 Å². The molecule has 9 nitrogen and oxygen atoms in total. The maximum Gasteiger partial charge on any atom is 0.433 e. The summed E-state index contributed by atoms with van der Waals surface area (Å²) < 4.78 is 45.2. The molecule has 1 fully saturated rings. The summed E-state index contributed by atoms with van der Waals surface area (Å²) >= 11 is 1.46. The molecule has 0 aliphatic carbocycles. The number of aromatic nitrogens is 3. The van der Waals surface area contributed by atoms with Gasteiger partial charge < -0.3 is 20.1 Å². The van der Waals surface area contributed by atoms with Crippen LogP contribution in [0.25, 0.3) is 22.0 Å². The first-order chi connectivity index (χ1) is 18.2. The van der Waals surface area contributed by atoms with Crippen molar-refractivity contribution in [1.82, 2.24) is 24.9 Å². The van der Waals surface area contributed by atoms with Crippen LogP contribution in [0.3, 0.4) is 0 Å². The fraction of sp³-hybridized carbons (Fsp3) is 0.360. The van der Waals surface area contributed by atoms with Crippen molar-refractivity contribution in [2.75, 3.05) is 49.9 Å². The summed E-state index contributed by atoms with van der Waals surface area (Å²) in [5, 5.41) is 14.2. The van der Waals surface area contributed by atoms with Gasteiger partial charge in [0.2, 0.25) is 0 Å². The molecule has 1 aliphatic rings. The van der Waals surface area contributed by atoms with Crippen molar-refractivity contribution in [2.45, 2.75) is 20.0 Å². The second kappa shape index (κ2) is 10.6. The highest BCUT2D eigenvalue weighted by Crippen LogP contribution is 2.35. The maximum atomic E-state index is 13.4. The van der Waals surface area contributed by atoms with Crippen LogP contribution in [0.4, 0.5) is 29.5 Å². The molecule has 4 aromatic rings. The predicted molar refractivity (Wildman–Crippen MR) is 139 cm³/mol. The minimum absolute atomic E-state index is 0.190. The van der Waals surface area contributed by atoms with Gasteiger partial charge in [-0.15, -0.1) is 0 Å². The van der Waals surface area contributed by atoms with Crippen LogP contribution in [0.1, 0.15) is 17.1 Å². The molecule has 0 atom stereocenters. The van der Waals surface area contributed by atoms with Crippen LogP contribution >= 0.6 is 11.3 Å². The minimum Gasteiger partial charge on any atom is -0.368 e. The van der Waals surface area contributed by atoms with Crippen molar-refractivity contribution in [3.8, 4) is 11.1 Å². The van der Waals surface area contributed by atoms with E-state index in [4.69, 9.17) is 4.52 Å². The van der Waals surface area contributed by atoms with Gasteiger partial charge in [0.25, 0.3) is 0 Å². The number of alkyl halides is 3. The van der Waals surface area contributed by atoms with Gasteiger partial charge >= 0.3 is 12.2 Å². The van der Waals surface area contributed by atoms with Crippen LogP contribution in [0.2, 0.25) is 0 Å². The van der Waals surface area contributed by atoms with Crippen molar-refractivity contribution in [3.63, 3.8) is 0 Å². The number of urea groups is 1. The lowest BCUT2D eigenvalue weighted by molar-refractivity contribution is -0.140. The molecule has 0 aromatic carbocycles. The lowest BCUT2D eigenvalue weighted by Gasteiger charge is -2.34. The molecule has 0 unspecified atom stereocenters. The molecular formula is C25H26F3N7O2S. The van der Waals surface area contributed by atoms with Gasteiger partial charge in [0.05, 0.1) is 5.52 Å². The van der Waals surface area contributed by atoms with Gasteiger partial charge in [-0.05, 0) is 48.4 Å². The third-order valence-electron chi connectivity index (χ3n) is 6.50. The van der Waals surface area contributed by atoms with Crippen LogP contribution in [-0.4, -0.2) is 70.2 Å². The van der Waals surface area contributed by atoms with E-state index in [-0.39, 0.29) is 11.5 Å². The summed E-state index contributed by atoms with van der Waals surface area (Å²) in [7, 11) is 0. The van der Waals surface area contributed by atoms with Crippen molar-refractivity contribution in [3.05, 3.63) is 52.3 Å². The average molecular weight is 546 g/mol. The van der Waals surface area contributed by atoms with Crippen molar-refractivity contribution < 1.29 is 22.5 Å². The number of carbonyl (C=O) groups is 1. The Hall–Kier alpha value is -3.71. The van der Waals surface area contributed by atoms with E-state index in [1.54, 1.807) is 24.9 Å². The molecule has 200 valence electrons. The van der Waals surface area contributed by atoms with Gasteiger partial charge in [0.1, 0.15) is 22.9 Å². The Labute approximate surface area is 220 Å². The first kappa shape index (κ1) is 25.9. The number of halogens is 3. The van der Waals surface area contributed by atoms with Gasteiger partial charge in [-0.1, -0.05) is 5.16 Å². The largest absolute Gasteiger partial charge is 0.433 e. The smallest absolute Gasteiger partial charge is 0.368 e. The van der Waals surface area contributed by atoms with Gasteiger partial charge in [-0.25, -0.2) is 14.8 Å². The number of carbonyl (C=O) groups excluding carboxylic acids is 1. The number of nitrogens with zero attached hydrogens (tertiary/aromatic N) is 5. The number of anilines is 2. The molecular weight excluding hydrogens is 519 g/mol. The molecule has 5 heterocycles. The molecule has 2 N–H and O–H groups in total. The van der Waals surface area contributed by atoms with Crippen LogP contribution in [0, 0.1) is 13.8 Å². The Kier molecular flexibility index (Phi) is 7.21. The highest BCUT2D eigenvalue weighted by Gasteiger charge is 2.33. The van der Waals surface area contributed by atoms with Crippen LogP contribution in [0.15, 0.2) is 39.7 Å². The Balaban J connectivity index is 1.21. The lowest BCUT2D eigenvalue weighted by atomic mass is 10.1. The molecule has 0 radical (unpaired) electrons. The number of amides is 2. The second-order valence-electron chi connectivity index (χ2n) is 9.01. The third-order valence-corrected chi connectivity index (χ3v) is 7.18. The van der Waals surface area contributed by atoms with E-state index >= 15 is 0 Å². The molecule has 13 heteroatoms. The average Bonchev–Trinajstić information content (AvgIpc) is 3.54. The Bertz CT molecular complexity index is 1410. The summed E-state index contributed by atoms with van der Waals surface area (Å²) in [6, 6.07) is 4.06. The molecule has 5 rings (SSSR count). The number of fused-ring (bicyclic) bond motifs is 1. The first-order valence-corrected chi connectivity index (χ1v) is 13.0. The van der Waals surface area contributed by atoms with E-state index in [1.807, 2.05) is 16.8 Å². The molecule has 1 saturated heterocycles. The van der Waals surface area contributed by atoms with Crippen molar-refractivity contribution >= 4 is 39.8 Å². The maximum absolute atomic E-state index is 13.4. The van der Waals surface area contributed by atoms with E-state index in [0.29, 0.717) is 73.2 Å². The fourth-order valence-electron chi connectivity index (χ4n) is 4.40. The summed E-state index contributed by atoms with van der Waals surface area (Å²) in [5.41, 5.74) is 1.90. The number of rotatable bonds is 6. The number of piperazine rings is 1. The lowest BCUT2D eigenvalue weighted by Crippen LogP contribution is -2.50. The number of thiophene rings is 1. The second-order valence-corrected chi connectivity index (χ2v) is 9.79. The van der Waals surface area contributed by atoms with E-state index in [2.05, 4.69) is 30.7 Å². The first-order valence-electron chi connectivity index (χ1n) is 12.1. The fourth-order valence-corrected chi connectivity index (χ4v) is 5.05. The summed E-state index contributed by atoms with van der Waals surface area (Å²) in [4.78, 5) is 25.1. The normalized spacial score (nSPS) is 14.7. The highest BCUT2D eigenvalue weighted by atomic mass is 32.1. The minimum atomic E-state index is -4.54. The van der Waals surface area contributed by atoms with E-state index in [9.17, 15) is 18.0 Å². The van der Waals surface area contributed by atoms with E-state index in [1.165, 1.54) is 17.4 Å². The Morgan fingerprint density at radius 3 is 2.61 bits per heavy atom. The standard InChI is InChI=1S/C25H26F3N7O2S/c1-15-21(16(2)37-33-15)32-24(36)35-10-8-34(9-11-35)7-6-29-23-18-3-4-20(25(26,27)28)31-22(18)19(13-30-23)17-5-12-38-14-17/h3-5,12-14H,6-11H2,1-2H3,(H,29,30)(H,32,36). The zero-order chi connectivity index (χ0) is 26.9. The zero-order valence-corrected chi connectivity index (χ0v) is 21.6. The monoisotopic (exact) mass is 545 g/mol. The number of aryl methyl sites for hydroxylation is 2. The molecule has 1 aliphatic heterocycles. The molecule has 2 amide bonds. The van der Waals surface area contributed by atoms with Gasteiger partial charge in [-0.2, -0.15) is 24.5 Å². The van der Waals surface area contributed by atoms with E-state index < -0.39 is 11.9 Å². The Morgan fingerprint density at radius 2 is 1.95 bits per heavy atom. The highest BCUT2D eigenvalue weighted by molar-refractivity contribution is 7.08. The quantitative estimate of drug-likeness (QED) is 0.342. The summed E-state index contributed by atoms with van der Waals surface area (Å²) in [6.07, 6.45) is -2.97. The molecule has 0 saturated carbocycles.